The fourth-order valence-corrected chi connectivity index (χ4v) is 2.24. The quantitative estimate of drug-likeness (QED) is 0.646. The molecule has 1 rings (SSSR count). The van der Waals surface area contributed by atoms with E-state index < -0.39 is 0 Å². The standard InChI is InChI=1S/C11H24N2/c1-9(2)12-6-7-13(10(3)4)11(5)8-12/h9-11H,6-8H2,1-5H3. The van der Waals surface area contributed by atoms with Crippen LogP contribution in [-0.2, 0) is 0 Å². The lowest BCUT2D eigenvalue weighted by Crippen LogP contribution is -2.55. The van der Waals surface area contributed by atoms with E-state index in [9.17, 15) is 0 Å². The molecule has 1 unspecified atom stereocenters. The van der Waals surface area contributed by atoms with E-state index in [0.717, 1.165) is 6.04 Å². The molecule has 0 amide bonds. The highest BCUT2D eigenvalue weighted by atomic mass is 15.3. The lowest BCUT2D eigenvalue weighted by molar-refractivity contribution is 0.0447. The molecule has 1 aliphatic rings. The average Bonchev–Trinajstić information content (AvgIpc) is 2.03. The van der Waals surface area contributed by atoms with Crippen molar-refractivity contribution in [2.24, 2.45) is 0 Å². The molecule has 0 aromatic carbocycles. The highest BCUT2D eigenvalue weighted by molar-refractivity contribution is 4.82. The summed E-state index contributed by atoms with van der Waals surface area (Å²) in [6, 6.07) is 2.12. The molecule has 2 nitrogen and oxygen atoms in total. The fraction of sp³-hybridized carbons (Fsp3) is 1.00. The predicted molar refractivity (Wildman–Crippen MR) is 58.0 cm³/mol. The van der Waals surface area contributed by atoms with Crippen molar-refractivity contribution < 1.29 is 0 Å². The molecular weight excluding hydrogens is 160 g/mol. The zero-order valence-electron chi connectivity index (χ0n) is 9.75. The summed E-state index contributed by atoms with van der Waals surface area (Å²) in [6.45, 7) is 15.2. The highest BCUT2D eigenvalue weighted by Gasteiger charge is 2.26. The molecule has 1 atom stereocenters. The van der Waals surface area contributed by atoms with Gasteiger partial charge in [-0.2, -0.15) is 0 Å². The molecule has 1 heterocycles. The number of hydrogen-bond acceptors (Lipinski definition) is 2. The van der Waals surface area contributed by atoms with Crippen molar-refractivity contribution in [3.05, 3.63) is 0 Å². The van der Waals surface area contributed by atoms with Gasteiger partial charge in [0, 0.05) is 37.8 Å². The van der Waals surface area contributed by atoms with E-state index in [4.69, 9.17) is 0 Å². The summed E-state index contributed by atoms with van der Waals surface area (Å²) in [5.74, 6) is 0. The zero-order valence-corrected chi connectivity index (χ0v) is 9.75. The van der Waals surface area contributed by atoms with E-state index in [1.807, 2.05) is 0 Å². The number of nitrogens with zero attached hydrogens (tertiary/aromatic N) is 2. The van der Waals surface area contributed by atoms with Crippen molar-refractivity contribution in [3.63, 3.8) is 0 Å². The molecule has 0 bridgehead atoms. The molecule has 78 valence electrons. The van der Waals surface area contributed by atoms with Gasteiger partial charge in [0.2, 0.25) is 0 Å². The smallest absolute Gasteiger partial charge is 0.0198 e. The molecule has 1 saturated heterocycles. The lowest BCUT2D eigenvalue weighted by Gasteiger charge is -2.43. The molecule has 0 N–H and O–H groups in total. The van der Waals surface area contributed by atoms with Crippen LogP contribution in [0.3, 0.4) is 0 Å². The van der Waals surface area contributed by atoms with Gasteiger partial charge < -0.3 is 0 Å². The minimum absolute atomic E-state index is 0.698. The SMILES string of the molecule is CC(C)N1CCN(C(C)C)C(C)C1. The van der Waals surface area contributed by atoms with Gasteiger partial charge in [0.1, 0.15) is 0 Å². The second kappa shape index (κ2) is 4.43. The van der Waals surface area contributed by atoms with Crippen LogP contribution in [0.15, 0.2) is 0 Å². The van der Waals surface area contributed by atoms with Crippen molar-refractivity contribution in [1.82, 2.24) is 9.80 Å². The molecule has 1 fully saturated rings. The van der Waals surface area contributed by atoms with Gasteiger partial charge in [-0.05, 0) is 34.6 Å². The van der Waals surface area contributed by atoms with Crippen molar-refractivity contribution in [3.8, 4) is 0 Å². The second-order valence-electron chi connectivity index (χ2n) is 4.77. The lowest BCUT2D eigenvalue weighted by atomic mass is 10.1. The van der Waals surface area contributed by atoms with Crippen LogP contribution >= 0.6 is 0 Å². The Kier molecular flexibility index (Phi) is 3.74. The Balaban J connectivity index is 2.46. The maximum atomic E-state index is 2.60. The van der Waals surface area contributed by atoms with E-state index >= 15 is 0 Å². The van der Waals surface area contributed by atoms with E-state index in [1.54, 1.807) is 0 Å². The van der Waals surface area contributed by atoms with Crippen LogP contribution in [0.2, 0.25) is 0 Å². The largest absolute Gasteiger partial charge is 0.298 e. The highest BCUT2D eigenvalue weighted by Crippen LogP contribution is 2.14. The van der Waals surface area contributed by atoms with E-state index in [2.05, 4.69) is 44.4 Å². The Morgan fingerprint density at radius 3 is 2.00 bits per heavy atom. The first kappa shape index (κ1) is 11.0. The second-order valence-corrected chi connectivity index (χ2v) is 4.77. The molecule has 0 radical (unpaired) electrons. The van der Waals surface area contributed by atoms with E-state index in [-0.39, 0.29) is 0 Å². The van der Waals surface area contributed by atoms with Crippen LogP contribution < -0.4 is 0 Å². The van der Waals surface area contributed by atoms with Crippen molar-refractivity contribution in [2.75, 3.05) is 19.6 Å². The number of hydrogen-bond donors (Lipinski definition) is 0. The third-order valence-corrected chi connectivity index (χ3v) is 3.10. The molecule has 0 aromatic rings. The summed E-state index contributed by atoms with van der Waals surface area (Å²) < 4.78 is 0. The average molecular weight is 184 g/mol. The van der Waals surface area contributed by atoms with Gasteiger partial charge in [-0.1, -0.05) is 0 Å². The fourth-order valence-electron chi connectivity index (χ4n) is 2.24. The molecule has 0 aromatic heterocycles. The van der Waals surface area contributed by atoms with Gasteiger partial charge in [-0.25, -0.2) is 0 Å². The summed E-state index contributed by atoms with van der Waals surface area (Å²) in [7, 11) is 0. The maximum Gasteiger partial charge on any atom is 0.0198 e. The van der Waals surface area contributed by atoms with Gasteiger partial charge in [-0.15, -0.1) is 0 Å². The Labute approximate surface area is 82.9 Å². The summed E-state index contributed by atoms with van der Waals surface area (Å²) in [5.41, 5.74) is 0. The summed E-state index contributed by atoms with van der Waals surface area (Å²) >= 11 is 0. The Bertz CT molecular complexity index is 154. The van der Waals surface area contributed by atoms with Crippen LogP contribution in [0.4, 0.5) is 0 Å². The van der Waals surface area contributed by atoms with Crippen LogP contribution in [0.1, 0.15) is 34.6 Å². The molecular formula is C11H24N2. The summed E-state index contributed by atoms with van der Waals surface area (Å²) in [4.78, 5) is 5.17. The molecule has 2 heteroatoms. The van der Waals surface area contributed by atoms with Gasteiger partial charge in [-0.3, -0.25) is 9.80 Å². The van der Waals surface area contributed by atoms with Crippen LogP contribution in [0.25, 0.3) is 0 Å². The molecule has 0 saturated carbocycles. The zero-order chi connectivity index (χ0) is 10.0. The van der Waals surface area contributed by atoms with Gasteiger partial charge in [0.25, 0.3) is 0 Å². The van der Waals surface area contributed by atoms with Crippen LogP contribution in [0.5, 0.6) is 0 Å². The first-order valence-corrected chi connectivity index (χ1v) is 5.52. The van der Waals surface area contributed by atoms with Crippen molar-refractivity contribution in [1.29, 1.82) is 0 Å². The normalized spacial score (nSPS) is 27.5. The van der Waals surface area contributed by atoms with Gasteiger partial charge >= 0.3 is 0 Å². The monoisotopic (exact) mass is 184 g/mol. The van der Waals surface area contributed by atoms with E-state index in [1.165, 1.54) is 19.6 Å². The molecule has 1 aliphatic heterocycles. The third kappa shape index (κ3) is 2.68. The Morgan fingerprint density at radius 2 is 1.62 bits per heavy atom. The molecule has 0 aliphatic carbocycles. The first-order chi connectivity index (χ1) is 6.02. The van der Waals surface area contributed by atoms with Crippen LogP contribution in [0, 0.1) is 0 Å². The Morgan fingerprint density at radius 1 is 1.00 bits per heavy atom. The topological polar surface area (TPSA) is 6.48 Å². The molecule has 13 heavy (non-hydrogen) atoms. The maximum absolute atomic E-state index is 2.60. The predicted octanol–water partition coefficient (Wildman–Crippen LogP) is 1.81. The van der Waals surface area contributed by atoms with Crippen molar-refractivity contribution >= 4 is 0 Å². The minimum atomic E-state index is 0.698. The van der Waals surface area contributed by atoms with Crippen molar-refractivity contribution in [2.45, 2.75) is 52.7 Å². The first-order valence-electron chi connectivity index (χ1n) is 5.52. The number of rotatable bonds is 2. The van der Waals surface area contributed by atoms with Gasteiger partial charge in [0.15, 0.2) is 0 Å². The van der Waals surface area contributed by atoms with E-state index in [0.29, 0.717) is 12.1 Å². The summed E-state index contributed by atoms with van der Waals surface area (Å²) in [5, 5.41) is 0. The third-order valence-electron chi connectivity index (χ3n) is 3.10. The van der Waals surface area contributed by atoms with Crippen LogP contribution in [-0.4, -0.2) is 47.6 Å². The minimum Gasteiger partial charge on any atom is -0.298 e. The summed E-state index contributed by atoms with van der Waals surface area (Å²) in [6.07, 6.45) is 0. The van der Waals surface area contributed by atoms with Gasteiger partial charge in [0.05, 0.1) is 0 Å². The number of piperazine rings is 1. The molecule has 0 spiro atoms. The Hall–Kier alpha value is -0.0800.